The zero-order valence-electron chi connectivity index (χ0n) is 57.2. The molecule has 0 aromatic carbocycles. The SMILES string of the molecule is CC(=O)N[C@@H]1[C@@H](O)[C@H](C)[C@@H](CO)O[C@H]1C.CCOCCOCCOCCOCCOCCOCCOCCOCCOCCOCCOCCOCCNC(=O)CCN1C(=O)CC(SCCC(=O)N[C@@H]2[C@@H](O)[C@H](C)[C@@H](CO)O[C@H]2C)C1=O.C[C@H]1[C@H](O)[C@@H](NCl)[C@H](C)O[C@@H]1CO. The monoisotopic (exact) mass is 1410 g/mol. The number of imide groups is 1. The zero-order valence-corrected chi connectivity index (χ0v) is 58.7. The first-order chi connectivity index (χ1) is 45.8. The summed E-state index contributed by atoms with van der Waals surface area (Å²) in [6, 6.07) is -1.31. The minimum Gasteiger partial charge on any atom is -0.394 e. The molecule has 33 heteroatoms. The molecule has 4 saturated heterocycles. The number of rotatable bonds is 50. The van der Waals surface area contributed by atoms with Crippen molar-refractivity contribution in [3.63, 3.8) is 0 Å². The molecule has 4 fully saturated rings. The molecule has 31 nitrogen and oxygen atoms in total. The Balaban J connectivity index is 0.000000888. The van der Waals surface area contributed by atoms with E-state index in [4.69, 9.17) is 93.0 Å². The zero-order chi connectivity index (χ0) is 70.2. The van der Waals surface area contributed by atoms with Gasteiger partial charge in [0.2, 0.25) is 29.5 Å². The van der Waals surface area contributed by atoms with Crippen LogP contribution in [0.25, 0.3) is 0 Å². The molecule has 10 N–H and O–H groups in total. The second-order valence-electron chi connectivity index (χ2n) is 22.9. The molecule has 0 radical (unpaired) electrons. The Hall–Kier alpha value is -2.69. The molecule has 1 unspecified atom stereocenters. The van der Waals surface area contributed by atoms with Gasteiger partial charge in [-0.15, -0.1) is 11.8 Å². The molecule has 0 spiro atoms. The molecule has 16 atom stereocenters. The number of aliphatic hydroxyl groups excluding tert-OH is 6. The van der Waals surface area contributed by atoms with Crippen molar-refractivity contribution < 1.29 is 126 Å². The van der Waals surface area contributed by atoms with Crippen molar-refractivity contribution >= 4 is 53.1 Å². The van der Waals surface area contributed by atoms with Crippen LogP contribution in [-0.4, -0.2) is 341 Å². The summed E-state index contributed by atoms with van der Waals surface area (Å²) in [5.74, 6) is -1.91. The highest BCUT2D eigenvalue weighted by Gasteiger charge is 2.44. The number of halogens is 1. The molecule has 558 valence electrons. The molecule has 0 aromatic rings. The number of nitrogens with zero attached hydrogens (tertiary/aromatic N) is 1. The number of aliphatic hydroxyl groups is 6. The quantitative estimate of drug-likeness (QED) is 0.0186. The maximum absolute atomic E-state index is 12.8. The van der Waals surface area contributed by atoms with E-state index in [9.17, 15) is 44.4 Å². The molecule has 5 amide bonds. The standard InChI is InChI=1S/C44H81N3O19S.C10H19NO4.C8H16ClNO3/c1-4-54-10-11-56-14-15-58-18-19-60-22-23-62-26-27-64-30-31-65-29-28-63-25-24-61-21-20-59-17-16-57-13-12-55-9-7-45-39(49)5-8-47-41(51)33-38(44(47)53)67-32-6-40(50)46-42-36(3)66-37(34-48)35(2)43(42)52;1-5-8(4-12)15-6(2)9(10(5)14)11-7(3)13;1-4-6(3-11)13-5(2)7(10-9)8(4)12/h35-38,42-43,48,52H,4-34H2,1-3H3,(H,45,49)(H,46,50);5-6,8-10,12,14H,4H2,1-3H3,(H,11,13);4-8,10-12H,3H2,1-2H3/t35-,36+,37-,38?,42+,43+;5-,6+,8-,9+,10+;4-,5+,6-,7+,8+/m111/s1. The van der Waals surface area contributed by atoms with Crippen LogP contribution in [0.2, 0.25) is 0 Å². The molecular formula is C62H116ClN5O26S. The second kappa shape index (κ2) is 55.0. The summed E-state index contributed by atoms with van der Waals surface area (Å²) in [5, 5.41) is 65.3. The van der Waals surface area contributed by atoms with E-state index in [-0.39, 0.29) is 137 Å². The largest absolute Gasteiger partial charge is 0.394 e. The molecule has 0 aliphatic carbocycles. The van der Waals surface area contributed by atoms with Gasteiger partial charge >= 0.3 is 0 Å². The maximum Gasteiger partial charge on any atom is 0.242 e. The van der Waals surface area contributed by atoms with Crippen LogP contribution in [0.4, 0.5) is 0 Å². The van der Waals surface area contributed by atoms with Crippen LogP contribution in [-0.2, 0) is 95.0 Å². The summed E-state index contributed by atoms with van der Waals surface area (Å²) in [7, 11) is 0. The molecule has 4 heterocycles. The van der Waals surface area contributed by atoms with Gasteiger partial charge in [0.15, 0.2) is 0 Å². The lowest BCUT2D eigenvalue weighted by molar-refractivity contribution is -0.161. The van der Waals surface area contributed by atoms with Crippen LogP contribution in [0, 0.1) is 17.8 Å². The summed E-state index contributed by atoms with van der Waals surface area (Å²) < 4.78 is 82.0. The fraction of sp³-hybridized carbons (Fsp3) is 0.919. The van der Waals surface area contributed by atoms with Gasteiger partial charge in [0, 0.05) is 69.4 Å². The third kappa shape index (κ3) is 37.5. The average molecular weight is 1420 g/mol. The first-order valence-electron chi connectivity index (χ1n) is 33.2. The van der Waals surface area contributed by atoms with Crippen molar-refractivity contribution in [1.82, 2.24) is 25.7 Å². The van der Waals surface area contributed by atoms with Gasteiger partial charge in [-0.1, -0.05) is 20.8 Å². The molecular weight excluding hydrogens is 1300 g/mol. The first-order valence-corrected chi connectivity index (χ1v) is 34.6. The summed E-state index contributed by atoms with van der Waals surface area (Å²) >= 11 is 6.69. The van der Waals surface area contributed by atoms with E-state index in [1.807, 2.05) is 20.8 Å². The average Bonchev–Trinajstić information content (AvgIpc) is 1.57. The summed E-state index contributed by atoms with van der Waals surface area (Å²) in [4.78, 5) is 64.8. The Bertz CT molecular complexity index is 1990. The number of carbonyl (C=O) groups excluding carboxylic acids is 5. The normalized spacial score (nSPS) is 27.5. The maximum atomic E-state index is 12.8. The highest BCUT2D eigenvalue weighted by atomic mass is 35.5. The third-order valence-corrected chi connectivity index (χ3v) is 17.3. The first kappa shape index (κ1) is 88.4. The Morgan fingerprint density at radius 2 is 0.821 bits per heavy atom. The Labute approximate surface area is 570 Å². The van der Waals surface area contributed by atoms with E-state index in [0.717, 1.165) is 4.90 Å². The lowest BCUT2D eigenvalue weighted by Gasteiger charge is -2.42. The number of carbonyl (C=O) groups is 5. The van der Waals surface area contributed by atoms with Crippen LogP contribution in [0.15, 0.2) is 0 Å². The smallest absolute Gasteiger partial charge is 0.242 e. The van der Waals surface area contributed by atoms with Gasteiger partial charge in [-0.25, -0.2) is 4.84 Å². The molecule has 95 heavy (non-hydrogen) atoms. The van der Waals surface area contributed by atoms with Crippen molar-refractivity contribution in [1.29, 1.82) is 0 Å². The third-order valence-electron chi connectivity index (χ3n) is 15.8. The van der Waals surface area contributed by atoms with E-state index in [2.05, 4.69) is 20.8 Å². The number of hydrogen-bond acceptors (Lipinski definition) is 28. The summed E-state index contributed by atoms with van der Waals surface area (Å²) in [5.41, 5.74) is 0. The van der Waals surface area contributed by atoms with E-state index < -0.39 is 47.9 Å². The molecule has 4 aliphatic heterocycles. The van der Waals surface area contributed by atoms with Gasteiger partial charge < -0.3 is 118 Å². The van der Waals surface area contributed by atoms with Gasteiger partial charge in [-0.05, 0) is 39.5 Å². The van der Waals surface area contributed by atoms with Crippen molar-refractivity contribution in [3.8, 4) is 0 Å². The topological polar surface area (TPSA) is 397 Å². The lowest BCUT2D eigenvalue weighted by Crippen LogP contribution is -2.60. The van der Waals surface area contributed by atoms with Crippen molar-refractivity contribution in [2.24, 2.45) is 17.8 Å². The molecule has 0 aromatic heterocycles. The van der Waals surface area contributed by atoms with Gasteiger partial charge in [0.1, 0.15) is 0 Å². The van der Waals surface area contributed by atoms with Gasteiger partial charge in [-0.3, -0.25) is 28.9 Å². The number of thioether (sulfide) groups is 1. The van der Waals surface area contributed by atoms with Gasteiger partial charge in [0.05, 0.1) is 250 Å². The lowest BCUT2D eigenvalue weighted by atomic mass is 9.87. The predicted molar refractivity (Wildman–Crippen MR) is 347 cm³/mol. The van der Waals surface area contributed by atoms with Gasteiger partial charge in [-0.2, -0.15) is 0 Å². The van der Waals surface area contributed by atoms with Crippen LogP contribution >= 0.6 is 23.5 Å². The Morgan fingerprint density at radius 1 is 0.495 bits per heavy atom. The molecule has 4 aliphatic rings. The minimum atomic E-state index is -0.878. The van der Waals surface area contributed by atoms with Crippen LogP contribution in [0.5, 0.6) is 0 Å². The minimum absolute atomic E-state index is 0.00555. The number of likely N-dealkylation sites (tertiary alicyclic amines) is 1. The van der Waals surface area contributed by atoms with Crippen LogP contribution in [0.1, 0.15) is 74.7 Å². The number of ether oxygens (including phenoxy) is 15. The highest BCUT2D eigenvalue weighted by molar-refractivity contribution is 8.00. The van der Waals surface area contributed by atoms with Crippen LogP contribution in [0.3, 0.4) is 0 Å². The Morgan fingerprint density at radius 3 is 1.16 bits per heavy atom. The Kier molecular flexibility index (Phi) is 51.2. The highest BCUT2D eigenvalue weighted by Crippen LogP contribution is 2.29. The van der Waals surface area contributed by atoms with Crippen molar-refractivity contribution in [2.75, 3.05) is 197 Å². The van der Waals surface area contributed by atoms with Crippen molar-refractivity contribution in [2.45, 2.75) is 153 Å². The van der Waals surface area contributed by atoms with E-state index >= 15 is 0 Å². The number of amides is 5. The number of nitrogens with one attached hydrogen (secondary N) is 4. The second-order valence-corrected chi connectivity index (χ2v) is 24.4. The van der Waals surface area contributed by atoms with E-state index in [0.29, 0.717) is 158 Å². The molecule has 4 rings (SSSR count). The summed E-state index contributed by atoms with van der Waals surface area (Å²) in [6.07, 6.45) is -4.24. The fourth-order valence-electron chi connectivity index (χ4n) is 10.0. The molecule has 0 saturated carbocycles. The fourth-order valence-corrected chi connectivity index (χ4v) is 11.5. The van der Waals surface area contributed by atoms with Gasteiger partial charge in [0.25, 0.3) is 0 Å². The molecule has 0 bridgehead atoms. The van der Waals surface area contributed by atoms with E-state index in [1.54, 1.807) is 27.7 Å². The predicted octanol–water partition coefficient (Wildman–Crippen LogP) is -1.63. The van der Waals surface area contributed by atoms with Crippen LogP contribution < -0.4 is 20.8 Å². The number of hydrogen-bond donors (Lipinski definition) is 10. The van der Waals surface area contributed by atoms with E-state index in [1.165, 1.54) is 18.7 Å². The summed E-state index contributed by atoms with van der Waals surface area (Å²) in [6.45, 7) is 25.3. The van der Waals surface area contributed by atoms with Crippen molar-refractivity contribution in [3.05, 3.63) is 0 Å².